The maximum absolute atomic E-state index is 12.0. The molecule has 0 saturated carbocycles. The fourth-order valence-corrected chi connectivity index (χ4v) is 5.92. The van der Waals surface area contributed by atoms with Gasteiger partial charge in [0.1, 0.15) is 11.5 Å². The molecule has 0 N–H and O–H groups in total. The van der Waals surface area contributed by atoms with Gasteiger partial charge in [-0.15, -0.1) is 0 Å². The molecule has 0 heterocycles. The number of rotatable bonds is 4. The van der Waals surface area contributed by atoms with Gasteiger partial charge in [0.25, 0.3) is 0 Å². The molecule has 2 aromatic carbocycles. The van der Waals surface area contributed by atoms with Crippen LogP contribution in [-0.2, 0) is 25.7 Å². The lowest BCUT2D eigenvalue weighted by molar-refractivity contribution is 0.103. The first-order chi connectivity index (χ1) is 15.5. The van der Waals surface area contributed by atoms with Gasteiger partial charge in [0.2, 0.25) is 0 Å². The van der Waals surface area contributed by atoms with Gasteiger partial charge in [-0.1, -0.05) is 39.8 Å². The second-order valence-electron chi connectivity index (χ2n) is 10.2. The summed E-state index contributed by atoms with van der Waals surface area (Å²) >= 11 is 0. The molecular weight excluding hydrogens is 420 g/mol. The Morgan fingerprint density at radius 1 is 0.697 bits per heavy atom. The third-order valence-electron chi connectivity index (χ3n) is 6.89. The molecule has 0 aliphatic heterocycles. The highest BCUT2D eigenvalue weighted by Crippen LogP contribution is 2.63. The van der Waals surface area contributed by atoms with Crippen molar-refractivity contribution in [2.75, 3.05) is 13.2 Å². The minimum atomic E-state index is -0.707. The molecule has 6 heteroatoms. The highest BCUT2D eigenvalue weighted by Gasteiger charge is 2.56. The van der Waals surface area contributed by atoms with Gasteiger partial charge >= 0.3 is 12.3 Å². The zero-order valence-electron chi connectivity index (χ0n) is 20.2. The van der Waals surface area contributed by atoms with Crippen LogP contribution in [-0.4, -0.2) is 25.5 Å². The average molecular weight is 453 g/mol. The number of carbonyl (C=O) groups is 2. The Labute approximate surface area is 195 Å². The van der Waals surface area contributed by atoms with Gasteiger partial charge in [-0.05, 0) is 84.0 Å². The van der Waals surface area contributed by atoms with Crippen LogP contribution in [0.2, 0.25) is 0 Å². The van der Waals surface area contributed by atoms with E-state index in [1.165, 1.54) is 11.1 Å². The minimum absolute atomic E-state index is 0.0759. The maximum Gasteiger partial charge on any atom is 0.513 e. The fraction of sp³-hybridized carbons (Fsp3) is 0.481. The predicted octanol–water partition coefficient (Wildman–Crippen LogP) is 6.41. The Bertz CT molecular complexity index is 1010. The minimum Gasteiger partial charge on any atom is -0.434 e. The van der Waals surface area contributed by atoms with E-state index in [1.807, 2.05) is 24.3 Å². The van der Waals surface area contributed by atoms with Crippen molar-refractivity contribution in [3.63, 3.8) is 0 Å². The largest absolute Gasteiger partial charge is 0.513 e. The van der Waals surface area contributed by atoms with Crippen molar-refractivity contribution < 1.29 is 28.5 Å². The van der Waals surface area contributed by atoms with Crippen LogP contribution in [0.25, 0.3) is 0 Å². The molecule has 1 spiro atoms. The van der Waals surface area contributed by atoms with Crippen molar-refractivity contribution in [2.45, 2.75) is 70.6 Å². The van der Waals surface area contributed by atoms with Crippen molar-refractivity contribution in [1.82, 2.24) is 0 Å². The van der Waals surface area contributed by atoms with E-state index >= 15 is 0 Å². The average Bonchev–Trinajstić information content (AvgIpc) is 3.08. The van der Waals surface area contributed by atoms with Crippen molar-refractivity contribution in [3.05, 3.63) is 58.7 Å². The van der Waals surface area contributed by atoms with Gasteiger partial charge in [-0.2, -0.15) is 0 Å². The molecule has 33 heavy (non-hydrogen) atoms. The van der Waals surface area contributed by atoms with Gasteiger partial charge in [-0.3, -0.25) is 0 Å². The van der Waals surface area contributed by atoms with E-state index in [9.17, 15) is 9.59 Å². The second-order valence-corrected chi connectivity index (χ2v) is 10.2. The fourth-order valence-electron chi connectivity index (χ4n) is 5.92. The zero-order chi connectivity index (χ0) is 24.0. The summed E-state index contributed by atoms with van der Waals surface area (Å²) in [6.07, 6.45) is 0.386. The maximum atomic E-state index is 12.0. The molecule has 0 bridgehead atoms. The number of hydrogen-bond donors (Lipinski definition) is 0. The lowest BCUT2D eigenvalue weighted by atomic mass is 9.72. The summed E-state index contributed by atoms with van der Waals surface area (Å²) in [7, 11) is 0. The molecule has 6 nitrogen and oxygen atoms in total. The van der Waals surface area contributed by atoms with E-state index in [0.717, 1.165) is 24.0 Å². The summed E-state index contributed by atoms with van der Waals surface area (Å²) in [6.45, 7) is 13.0. The highest BCUT2D eigenvalue weighted by atomic mass is 16.7. The molecule has 2 aliphatic rings. The topological polar surface area (TPSA) is 71.1 Å². The Hall–Kier alpha value is -3.02. The zero-order valence-corrected chi connectivity index (χ0v) is 20.2. The SMILES string of the molecule is CCOC(=O)Oc1ccc2c(c1)C1(CC2(C)C)CC(C)(C)c2ccc(OC(=O)OCC)cc21. The lowest BCUT2D eigenvalue weighted by Crippen LogP contribution is -2.27. The van der Waals surface area contributed by atoms with Gasteiger partial charge < -0.3 is 18.9 Å². The number of carbonyl (C=O) groups excluding carboxylic acids is 2. The van der Waals surface area contributed by atoms with Gasteiger partial charge in [0, 0.05) is 5.41 Å². The molecule has 0 aromatic heterocycles. The molecule has 0 fully saturated rings. The van der Waals surface area contributed by atoms with E-state index in [-0.39, 0.29) is 29.5 Å². The molecule has 0 radical (unpaired) electrons. The molecule has 176 valence electrons. The summed E-state index contributed by atoms with van der Waals surface area (Å²) in [5, 5.41) is 0. The summed E-state index contributed by atoms with van der Waals surface area (Å²) in [4.78, 5) is 23.9. The van der Waals surface area contributed by atoms with Crippen LogP contribution < -0.4 is 9.47 Å². The predicted molar refractivity (Wildman–Crippen MR) is 124 cm³/mol. The van der Waals surface area contributed by atoms with Crippen LogP contribution >= 0.6 is 0 Å². The van der Waals surface area contributed by atoms with Crippen molar-refractivity contribution in [3.8, 4) is 11.5 Å². The Kier molecular flexibility index (Phi) is 5.67. The van der Waals surface area contributed by atoms with E-state index in [4.69, 9.17) is 18.9 Å². The standard InChI is InChI=1S/C27H32O6/c1-7-30-23(28)32-17-9-11-19-21(13-17)27(15-25(19,3)4)16-26(5,6)20-12-10-18(14-22(20)27)33-24(29)31-8-2/h9-14H,7-8,15-16H2,1-6H3. The summed E-state index contributed by atoms with van der Waals surface area (Å²) in [5.41, 5.74) is 4.32. The Morgan fingerprint density at radius 3 is 1.45 bits per heavy atom. The quantitative estimate of drug-likeness (QED) is 0.394. The monoisotopic (exact) mass is 452 g/mol. The van der Waals surface area contributed by atoms with Crippen LogP contribution in [0.1, 0.15) is 76.6 Å². The first kappa shape index (κ1) is 23.1. The van der Waals surface area contributed by atoms with E-state index in [0.29, 0.717) is 11.5 Å². The van der Waals surface area contributed by atoms with E-state index in [1.54, 1.807) is 13.8 Å². The van der Waals surface area contributed by atoms with Gasteiger partial charge in [0.05, 0.1) is 13.2 Å². The lowest BCUT2D eigenvalue weighted by Gasteiger charge is -2.30. The third-order valence-corrected chi connectivity index (χ3v) is 6.89. The van der Waals surface area contributed by atoms with Gasteiger partial charge in [0.15, 0.2) is 0 Å². The first-order valence-electron chi connectivity index (χ1n) is 11.5. The smallest absolute Gasteiger partial charge is 0.434 e. The number of hydrogen-bond acceptors (Lipinski definition) is 6. The Balaban J connectivity index is 1.83. The molecule has 4 rings (SSSR count). The molecular formula is C27H32O6. The van der Waals surface area contributed by atoms with Gasteiger partial charge in [-0.25, -0.2) is 9.59 Å². The van der Waals surface area contributed by atoms with Crippen molar-refractivity contribution in [1.29, 1.82) is 0 Å². The van der Waals surface area contributed by atoms with Crippen LogP contribution in [0.3, 0.4) is 0 Å². The number of ether oxygens (including phenoxy) is 4. The first-order valence-corrected chi connectivity index (χ1v) is 11.5. The van der Waals surface area contributed by atoms with Crippen LogP contribution in [0, 0.1) is 0 Å². The Morgan fingerprint density at radius 2 is 1.09 bits per heavy atom. The number of fused-ring (bicyclic) bond motifs is 4. The van der Waals surface area contributed by atoms with E-state index < -0.39 is 12.3 Å². The molecule has 0 amide bonds. The number of benzene rings is 2. The van der Waals surface area contributed by atoms with Crippen molar-refractivity contribution in [2.24, 2.45) is 0 Å². The van der Waals surface area contributed by atoms with E-state index in [2.05, 4.69) is 39.8 Å². The second kappa shape index (κ2) is 8.08. The summed E-state index contributed by atoms with van der Waals surface area (Å²) in [5.74, 6) is 0.934. The summed E-state index contributed by atoms with van der Waals surface area (Å²) in [6, 6.07) is 11.7. The molecule has 0 atom stereocenters. The van der Waals surface area contributed by atoms with Crippen LogP contribution in [0.5, 0.6) is 11.5 Å². The normalized spacial score (nSPS) is 18.4. The summed E-state index contributed by atoms with van der Waals surface area (Å²) < 4.78 is 20.8. The molecule has 0 unspecified atom stereocenters. The highest BCUT2D eigenvalue weighted by molar-refractivity contribution is 5.67. The molecule has 0 saturated heterocycles. The van der Waals surface area contributed by atoms with Crippen LogP contribution in [0.15, 0.2) is 36.4 Å². The molecule has 2 aliphatic carbocycles. The molecule has 2 aromatic rings. The van der Waals surface area contributed by atoms with Crippen molar-refractivity contribution >= 4 is 12.3 Å². The van der Waals surface area contributed by atoms with Crippen LogP contribution in [0.4, 0.5) is 9.59 Å². The third kappa shape index (κ3) is 3.96.